The second-order valence-corrected chi connectivity index (χ2v) is 5.49. The van der Waals surface area contributed by atoms with Gasteiger partial charge in [-0.3, -0.25) is 0 Å². The van der Waals surface area contributed by atoms with E-state index >= 15 is 0 Å². The first-order valence-corrected chi connectivity index (χ1v) is 5.99. The molecule has 17 heavy (non-hydrogen) atoms. The Bertz CT molecular complexity index is 419. The molecule has 0 aromatic heterocycles. The van der Waals surface area contributed by atoms with Crippen molar-refractivity contribution in [2.75, 3.05) is 0 Å². The predicted octanol–water partition coefficient (Wildman–Crippen LogP) is 3.51. The van der Waals surface area contributed by atoms with Crippen molar-refractivity contribution in [3.05, 3.63) is 34.9 Å². The molecule has 1 atom stereocenters. The Hall–Kier alpha value is -1.33. The van der Waals surface area contributed by atoms with Crippen molar-refractivity contribution in [1.29, 1.82) is 5.26 Å². The smallest absolute Gasteiger partial charge is 0.0914 e. The Morgan fingerprint density at radius 2 is 2.18 bits per heavy atom. The molecule has 2 nitrogen and oxygen atoms in total. The van der Waals surface area contributed by atoms with Gasteiger partial charge >= 0.3 is 0 Å². The van der Waals surface area contributed by atoms with Crippen LogP contribution in [0.15, 0.2) is 34.9 Å². The molecule has 2 heteroatoms. The number of aliphatic hydroxyl groups excluding tert-OH is 1. The summed E-state index contributed by atoms with van der Waals surface area (Å²) in [6, 6.07) is 2.02. The summed E-state index contributed by atoms with van der Waals surface area (Å²) in [7, 11) is 0. The Morgan fingerprint density at radius 3 is 2.71 bits per heavy atom. The van der Waals surface area contributed by atoms with Crippen LogP contribution in [0, 0.1) is 16.7 Å². The normalized spacial score (nSPS) is 25.2. The topological polar surface area (TPSA) is 44.0 Å². The number of aliphatic hydroxyl groups is 1. The summed E-state index contributed by atoms with van der Waals surface area (Å²) in [5, 5.41) is 18.3. The number of nitrogens with zero attached hydrogens (tertiary/aromatic N) is 1. The van der Waals surface area contributed by atoms with Crippen molar-refractivity contribution in [2.24, 2.45) is 5.41 Å². The molecule has 1 N–H and O–H groups in total. The van der Waals surface area contributed by atoms with E-state index in [0.29, 0.717) is 0 Å². The summed E-state index contributed by atoms with van der Waals surface area (Å²) in [5.41, 5.74) is 3.49. The Kier molecular flexibility index (Phi) is 4.31. The van der Waals surface area contributed by atoms with Crippen molar-refractivity contribution >= 4 is 0 Å². The van der Waals surface area contributed by atoms with E-state index in [1.165, 1.54) is 17.2 Å². The van der Waals surface area contributed by atoms with Crippen molar-refractivity contribution in [3.8, 4) is 6.07 Å². The maximum atomic E-state index is 9.78. The largest absolute Gasteiger partial charge is 0.393 e. The molecule has 92 valence electrons. The zero-order chi connectivity index (χ0) is 13.1. The van der Waals surface area contributed by atoms with Gasteiger partial charge in [0, 0.05) is 6.08 Å². The third-order valence-corrected chi connectivity index (χ3v) is 3.28. The average molecular weight is 231 g/mol. The molecule has 0 aliphatic heterocycles. The van der Waals surface area contributed by atoms with Gasteiger partial charge in [-0.15, -0.1) is 0 Å². The molecule has 0 aromatic rings. The van der Waals surface area contributed by atoms with Crippen LogP contribution in [0.5, 0.6) is 0 Å². The van der Waals surface area contributed by atoms with E-state index in [0.717, 1.165) is 18.4 Å². The van der Waals surface area contributed by atoms with Crippen LogP contribution in [-0.4, -0.2) is 11.2 Å². The minimum Gasteiger partial charge on any atom is -0.393 e. The summed E-state index contributed by atoms with van der Waals surface area (Å²) in [4.78, 5) is 0. The fourth-order valence-corrected chi connectivity index (χ4v) is 2.54. The van der Waals surface area contributed by atoms with Crippen LogP contribution in [0.1, 0.15) is 40.5 Å². The highest BCUT2D eigenvalue weighted by atomic mass is 16.3. The molecule has 1 rings (SSSR count). The van der Waals surface area contributed by atoms with Crippen LogP contribution < -0.4 is 0 Å². The molecular formula is C15H21NO. The average Bonchev–Trinajstić information content (AvgIpc) is 2.14. The summed E-state index contributed by atoms with van der Waals surface area (Å²) < 4.78 is 0. The van der Waals surface area contributed by atoms with Gasteiger partial charge in [0.2, 0.25) is 0 Å². The first-order chi connectivity index (χ1) is 7.86. The van der Waals surface area contributed by atoms with Crippen molar-refractivity contribution < 1.29 is 5.11 Å². The zero-order valence-corrected chi connectivity index (χ0v) is 11.1. The fraction of sp³-hybridized carbons (Fsp3) is 0.533. The first kappa shape index (κ1) is 13.7. The molecule has 1 aliphatic rings. The maximum absolute atomic E-state index is 9.78. The minimum absolute atomic E-state index is 0.00513. The minimum atomic E-state index is -0.224. The van der Waals surface area contributed by atoms with Crippen LogP contribution >= 0.6 is 0 Å². The molecular weight excluding hydrogens is 210 g/mol. The number of allylic oxidation sites excluding steroid dienone is 5. The number of rotatable bonds is 2. The summed E-state index contributed by atoms with van der Waals surface area (Å²) in [5.74, 6) is 0. The van der Waals surface area contributed by atoms with Crippen LogP contribution in [0.25, 0.3) is 0 Å². The molecule has 0 spiro atoms. The van der Waals surface area contributed by atoms with Crippen LogP contribution in [0.3, 0.4) is 0 Å². The Labute approximate surface area is 104 Å². The molecule has 1 aliphatic carbocycles. The lowest BCUT2D eigenvalue weighted by atomic mass is 9.71. The van der Waals surface area contributed by atoms with Crippen LogP contribution in [0.2, 0.25) is 0 Å². The Balaban J connectivity index is 3.00. The van der Waals surface area contributed by atoms with Gasteiger partial charge in [0.05, 0.1) is 12.2 Å². The molecule has 0 amide bonds. The van der Waals surface area contributed by atoms with E-state index in [1.54, 1.807) is 0 Å². The second kappa shape index (κ2) is 5.33. The standard InChI is InChI=1S/C15H21NO/c1-11(7-8-16)5-6-14-12(2)9-13(17)10-15(14,3)4/h5-7,13,17H,9-10H2,1-4H3/b6-5+,11-7+/t13-/m0/s1. The third-order valence-electron chi connectivity index (χ3n) is 3.28. The second-order valence-electron chi connectivity index (χ2n) is 5.49. The summed E-state index contributed by atoms with van der Waals surface area (Å²) >= 11 is 0. The maximum Gasteiger partial charge on any atom is 0.0914 e. The lowest BCUT2D eigenvalue weighted by Gasteiger charge is -2.35. The molecule has 0 bridgehead atoms. The third kappa shape index (κ3) is 3.57. The molecule has 0 saturated carbocycles. The van der Waals surface area contributed by atoms with E-state index in [2.05, 4.69) is 26.8 Å². The number of hydrogen-bond acceptors (Lipinski definition) is 2. The van der Waals surface area contributed by atoms with Gasteiger partial charge in [-0.05, 0) is 43.3 Å². The van der Waals surface area contributed by atoms with Gasteiger partial charge in [0.15, 0.2) is 0 Å². The van der Waals surface area contributed by atoms with Crippen molar-refractivity contribution in [1.82, 2.24) is 0 Å². The highest BCUT2D eigenvalue weighted by molar-refractivity contribution is 5.37. The molecule has 0 radical (unpaired) electrons. The van der Waals surface area contributed by atoms with Gasteiger partial charge in [-0.1, -0.05) is 31.6 Å². The van der Waals surface area contributed by atoms with Crippen molar-refractivity contribution in [2.45, 2.75) is 46.6 Å². The van der Waals surface area contributed by atoms with Gasteiger partial charge < -0.3 is 5.11 Å². The lowest BCUT2D eigenvalue weighted by molar-refractivity contribution is 0.116. The van der Waals surface area contributed by atoms with E-state index in [1.807, 2.05) is 19.1 Å². The van der Waals surface area contributed by atoms with Crippen LogP contribution in [-0.2, 0) is 0 Å². The van der Waals surface area contributed by atoms with Gasteiger partial charge in [-0.2, -0.15) is 5.26 Å². The number of nitriles is 1. The molecule has 0 saturated heterocycles. The van der Waals surface area contributed by atoms with E-state index in [9.17, 15) is 5.11 Å². The summed E-state index contributed by atoms with van der Waals surface area (Å²) in [6.07, 6.45) is 6.93. The predicted molar refractivity (Wildman–Crippen MR) is 70.2 cm³/mol. The monoisotopic (exact) mass is 231 g/mol. The Morgan fingerprint density at radius 1 is 1.53 bits per heavy atom. The highest BCUT2D eigenvalue weighted by Gasteiger charge is 2.31. The number of hydrogen-bond donors (Lipinski definition) is 1. The van der Waals surface area contributed by atoms with Crippen LogP contribution in [0.4, 0.5) is 0 Å². The van der Waals surface area contributed by atoms with E-state index in [4.69, 9.17) is 5.26 Å². The molecule has 0 heterocycles. The highest BCUT2D eigenvalue weighted by Crippen LogP contribution is 2.40. The fourth-order valence-electron chi connectivity index (χ4n) is 2.54. The van der Waals surface area contributed by atoms with Crippen molar-refractivity contribution in [3.63, 3.8) is 0 Å². The van der Waals surface area contributed by atoms with Gasteiger partial charge in [0.1, 0.15) is 0 Å². The zero-order valence-electron chi connectivity index (χ0n) is 11.1. The first-order valence-electron chi connectivity index (χ1n) is 5.99. The van der Waals surface area contributed by atoms with E-state index < -0.39 is 0 Å². The molecule has 0 fully saturated rings. The quantitative estimate of drug-likeness (QED) is 0.584. The lowest BCUT2D eigenvalue weighted by Crippen LogP contribution is -2.28. The van der Waals surface area contributed by atoms with E-state index in [-0.39, 0.29) is 11.5 Å². The molecule has 0 aromatic carbocycles. The van der Waals surface area contributed by atoms with Gasteiger partial charge in [-0.25, -0.2) is 0 Å². The summed E-state index contributed by atoms with van der Waals surface area (Å²) in [6.45, 7) is 8.30. The van der Waals surface area contributed by atoms with Gasteiger partial charge in [0.25, 0.3) is 0 Å². The molecule has 0 unspecified atom stereocenters. The SMILES string of the molecule is CC1=C(/C=C/C(C)=C/C#N)C(C)(C)C[C@@H](O)C1.